The van der Waals surface area contributed by atoms with Crippen molar-refractivity contribution in [3.63, 3.8) is 0 Å². The van der Waals surface area contributed by atoms with Gasteiger partial charge in [-0.3, -0.25) is 10.2 Å². The van der Waals surface area contributed by atoms with Crippen LogP contribution in [0, 0.1) is 0 Å². The summed E-state index contributed by atoms with van der Waals surface area (Å²) in [6, 6.07) is 5.93. The van der Waals surface area contributed by atoms with E-state index in [0.29, 0.717) is 25.9 Å². The van der Waals surface area contributed by atoms with Crippen LogP contribution in [0.3, 0.4) is 0 Å². The Hall–Kier alpha value is -3.91. The van der Waals surface area contributed by atoms with Crippen molar-refractivity contribution >= 4 is 29.9 Å². The zero-order chi connectivity index (χ0) is 30.8. The van der Waals surface area contributed by atoms with Crippen LogP contribution in [0.15, 0.2) is 24.3 Å². The molecule has 14 nitrogen and oxygen atoms in total. The quantitative estimate of drug-likeness (QED) is 0.102. The maximum atomic E-state index is 12.7. The van der Waals surface area contributed by atoms with Crippen molar-refractivity contribution in [1.29, 1.82) is 0 Å². The van der Waals surface area contributed by atoms with E-state index in [1.165, 1.54) is 18.2 Å². The highest BCUT2D eigenvalue weighted by atomic mass is 16.6. The number of carbonyl (C=O) groups excluding carboxylic acids is 5. The van der Waals surface area contributed by atoms with Gasteiger partial charge in [-0.05, 0) is 66.5 Å². The number of nitrogens with zero attached hydrogens (tertiary/aromatic N) is 1. The number of amides is 2. The molecule has 1 atom stereocenters. The van der Waals surface area contributed by atoms with Gasteiger partial charge in [-0.25, -0.2) is 25.0 Å². The Morgan fingerprint density at radius 1 is 0.902 bits per heavy atom. The van der Waals surface area contributed by atoms with Crippen LogP contribution in [-0.4, -0.2) is 84.5 Å². The fourth-order valence-electron chi connectivity index (χ4n) is 3.50. The second-order valence-electron chi connectivity index (χ2n) is 11.1. The Morgan fingerprint density at radius 3 is 2.05 bits per heavy atom. The molecule has 1 aliphatic rings. The molecule has 2 rings (SSSR count). The predicted molar refractivity (Wildman–Crippen MR) is 142 cm³/mol. The molecule has 0 bridgehead atoms. The van der Waals surface area contributed by atoms with Gasteiger partial charge in [0.05, 0.1) is 6.10 Å². The summed E-state index contributed by atoms with van der Waals surface area (Å²) < 4.78 is 31.7. The van der Waals surface area contributed by atoms with Gasteiger partial charge in [0, 0.05) is 13.1 Å². The van der Waals surface area contributed by atoms with Crippen LogP contribution in [0.25, 0.3) is 0 Å². The largest absolute Gasteiger partial charge is 0.478 e. The fourth-order valence-corrected chi connectivity index (χ4v) is 3.50. The number of hydrogen-bond acceptors (Lipinski definition) is 12. The molecule has 1 fully saturated rings. The minimum absolute atomic E-state index is 0.0216. The first-order valence-electron chi connectivity index (χ1n) is 13.0. The van der Waals surface area contributed by atoms with Crippen LogP contribution in [0.5, 0.6) is 11.5 Å². The van der Waals surface area contributed by atoms with E-state index in [-0.39, 0.29) is 17.6 Å². The number of carbonyl (C=O) groups is 5. The summed E-state index contributed by atoms with van der Waals surface area (Å²) in [5, 5.41) is 0. The lowest BCUT2D eigenvalue weighted by Gasteiger charge is -2.33. The summed E-state index contributed by atoms with van der Waals surface area (Å²) in [6.07, 6.45) is -1.87. The molecule has 3 N–H and O–H groups in total. The molecule has 14 heteroatoms. The molecule has 2 amide bonds. The van der Waals surface area contributed by atoms with Crippen molar-refractivity contribution in [2.75, 3.05) is 26.3 Å². The van der Waals surface area contributed by atoms with Crippen LogP contribution in [-0.2, 0) is 38.1 Å². The first-order valence-corrected chi connectivity index (χ1v) is 13.0. The van der Waals surface area contributed by atoms with Crippen LogP contribution in [0.4, 0.5) is 4.79 Å². The van der Waals surface area contributed by atoms with Gasteiger partial charge in [0.2, 0.25) is 0 Å². The van der Waals surface area contributed by atoms with Gasteiger partial charge in [0.1, 0.15) is 17.8 Å². The molecule has 1 aromatic rings. The number of esters is 3. The molecule has 0 spiro atoms. The Kier molecular flexibility index (Phi) is 11.9. The maximum Gasteiger partial charge on any atom is 0.410 e. The average Bonchev–Trinajstić information content (AvgIpc) is 2.87. The number of nitrogens with one attached hydrogen (secondary N) is 1. The van der Waals surface area contributed by atoms with Crippen LogP contribution < -0.4 is 20.7 Å². The van der Waals surface area contributed by atoms with Gasteiger partial charge >= 0.3 is 24.0 Å². The SMILES string of the molecule is CC(C)(C)OC(=O)COc1ccccc1OC(C(=O)NN)C(=O)OC(=O)COC1CCN(C(=O)OC(C)(C)C)CC1. The van der Waals surface area contributed by atoms with Gasteiger partial charge in [0.25, 0.3) is 12.0 Å². The summed E-state index contributed by atoms with van der Waals surface area (Å²) in [5.41, 5.74) is 0.444. The number of ether oxygens (including phenoxy) is 6. The molecule has 0 aliphatic carbocycles. The average molecular weight is 582 g/mol. The third kappa shape index (κ3) is 12.0. The van der Waals surface area contributed by atoms with E-state index < -0.39 is 60.4 Å². The van der Waals surface area contributed by atoms with Gasteiger partial charge < -0.3 is 33.3 Å². The number of nitrogens with two attached hydrogens (primary N) is 1. The number of hydrogen-bond donors (Lipinski definition) is 2. The van der Waals surface area contributed by atoms with Gasteiger partial charge in [0.15, 0.2) is 18.1 Å². The predicted octanol–water partition coefficient (Wildman–Crippen LogP) is 1.63. The fraction of sp³-hybridized carbons (Fsp3) is 0.593. The molecule has 41 heavy (non-hydrogen) atoms. The van der Waals surface area contributed by atoms with E-state index in [1.807, 2.05) is 0 Å². The first kappa shape index (κ1) is 33.3. The number of likely N-dealkylation sites (tertiary alicyclic amines) is 1. The molecule has 1 unspecified atom stereocenters. The van der Waals surface area contributed by atoms with E-state index in [1.54, 1.807) is 57.9 Å². The van der Waals surface area contributed by atoms with Crippen molar-refractivity contribution in [3.8, 4) is 11.5 Å². The van der Waals surface area contributed by atoms with Crippen molar-refractivity contribution in [1.82, 2.24) is 10.3 Å². The van der Waals surface area contributed by atoms with Crippen molar-refractivity contribution in [2.45, 2.75) is 77.8 Å². The normalized spacial score (nSPS) is 14.9. The third-order valence-electron chi connectivity index (χ3n) is 5.20. The van der Waals surface area contributed by atoms with E-state index in [4.69, 9.17) is 34.3 Å². The smallest absolute Gasteiger partial charge is 0.410 e. The highest BCUT2D eigenvalue weighted by Crippen LogP contribution is 2.28. The van der Waals surface area contributed by atoms with Crippen molar-refractivity contribution in [3.05, 3.63) is 24.3 Å². The monoisotopic (exact) mass is 581 g/mol. The molecule has 0 aromatic heterocycles. The minimum atomic E-state index is -1.98. The highest BCUT2D eigenvalue weighted by Gasteiger charge is 2.34. The summed E-state index contributed by atoms with van der Waals surface area (Å²) in [4.78, 5) is 63.0. The standard InChI is InChI=1S/C27H39N3O11/c1-26(2,3)40-21(32)16-37-18-9-7-8-10-19(18)38-22(23(33)29-28)24(34)39-20(31)15-36-17-11-13-30(14-12-17)25(35)41-27(4,5)6/h7-10,17,22H,11-16,28H2,1-6H3,(H,29,33). The topological polar surface area (TPSA) is 182 Å². The summed E-state index contributed by atoms with van der Waals surface area (Å²) in [7, 11) is 0. The molecule has 0 saturated carbocycles. The Bertz CT molecular complexity index is 1090. The molecule has 1 aromatic carbocycles. The Balaban J connectivity index is 1.91. The minimum Gasteiger partial charge on any atom is -0.478 e. The number of para-hydroxylation sites is 2. The lowest BCUT2D eigenvalue weighted by Crippen LogP contribution is -2.48. The highest BCUT2D eigenvalue weighted by molar-refractivity contribution is 6.04. The van der Waals surface area contributed by atoms with Crippen molar-refractivity contribution in [2.24, 2.45) is 5.84 Å². The van der Waals surface area contributed by atoms with Gasteiger partial charge in [-0.15, -0.1) is 0 Å². The number of benzene rings is 1. The van der Waals surface area contributed by atoms with Gasteiger partial charge in [-0.1, -0.05) is 12.1 Å². The lowest BCUT2D eigenvalue weighted by atomic mass is 10.1. The molecular formula is C27H39N3O11. The van der Waals surface area contributed by atoms with E-state index in [9.17, 15) is 24.0 Å². The molecule has 1 aliphatic heterocycles. The maximum absolute atomic E-state index is 12.7. The van der Waals surface area contributed by atoms with Crippen LogP contribution in [0.2, 0.25) is 0 Å². The first-order chi connectivity index (χ1) is 19.1. The number of hydrazine groups is 1. The van der Waals surface area contributed by atoms with Crippen LogP contribution in [0.1, 0.15) is 54.4 Å². The second kappa shape index (κ2) is 14.6. The van der Waals surface area contributed by atoms with E-state index in [2.05, 4.69) is 0 Å². The molecular weight excluding hydrogens is 542 g/mol. The molecule has 228 valence electrons. The van der Waals surface area contributed by atoms with Crippen molar-refractivity contribution < 1.29 is 52.4 Å². The summed E-state index contributed by atoms with van der Waals surface area (Å²) in [5.74, 6) is 0.965. The molecule has 1 saturated heterocycles. The molecule has 0 radical (unpaired) electrons. The second-order valence-corrected chi connectivity index (χ2v) is 11.1. The summed E-state index contributed by atoms with van der Waals surface area (Å²) >= 11 is 0. The number of piperidine rings is 1. The Morgan fingerprint density at radius 2 is 1.49 bits per heavy atom. The number of rotatable bonds is 10. The lowest BCUT2D eigenvalue weighted by molar-refractivity contribution is -0.170. The van der Waals surface area contributed by atoms with Gasteiger partial charge in [-0.2, -0.15) is 0 Å². The van der Waals surface area contributed by atoms with E-state index >= 15 is 0 Å². The van der Waals surface area contributed by atoms with E-state index in [0.717, 1.165) is 0 Å². The Labute approximate surface area is 238 Å². The third-order valence-corrected chi connectivity index (χ3v) is 5.20. The van der Waals surface area contributed by atoms with Crippen LogP contribution >= 0.6 is 0 Å². The summed E-state index contributed by atoms with van der Waals surface area (Å²) in [6.45, 7) is 10.1. The zero-order valence-electron chi connectivity index (χ0n) is 24.2. The zero-order valence-corrected chi connectivity index (χ0v) is 24.2. The molecule has 1 heterocycles.